The highest BCUT2D eigenvalue weighted by atomic mass is 16.5. The number of likely N-dealkylation sites (N-methyl/N-ethyl adjacent to an activating group) is 1. The summed E-state index contributed by atoms with van der Waals surface area (Å²) in [6, 6.07) is 15.2. The van der Waals surface area contributed by atoms with E-state index in [-0.39, 0.29) is 18.9 Å². The Hall–Kier alpha value is -2.82. The van der Waals surface area contributed by atoms with Crippen LogP contribution in [-0.2, 0) is 27.3 Å². The van der Waals surface area contributed by atoms with Crippen molar-refractivity contribution >= 4 is 11.9 Å². The molecule has 2 aromatic rings. The van der Waals surface area contributed by atoms with Gasteiger partial charge in [-0.2, -0.15) is 0 Å². The van der Waals surface area contributed by atoms with E-state index in [1.807, 2.05) is 62.4 Å². The van der Waals surface area contributed by atoms with Crippen molar-refractivity contribution in [2.24, 2.45) is 0 Å². The topological polar surface area (TPSA) is 55.8 Å². The Kier molecular flexibility index (Phi) is 7.21. The molecule has 0 aromatic heterocycles. The number of aryl methyl sites for hydroxylation is 1. The van der Waals surface area contributed by atoms with Crippen LogP contribution in [0.4, 0.5) is 0 Å². The summed E-state index contributed by atoms with van der Waals surface area (Å²) in [6.07, 6.45) is 0.169. The molecule has 0 atom stereocenters. The van der Waals surface area contributed by atoms with Crippen molar-refractivity contribution < 1.29 is 19.1 Å². The highest BCUT2D eigenvalue weighted by Gasteiger charge is 2.13. The molecular weight excluding hydrogens is 330 g/mol. The molecule has 0 aliphatic carbocycles. The fraction of sp³-hybridized carbons (Fsp3) is 0.333. The van der Waals surface area contributed by atoms with Crippen molar-refractivity contribution in [3.8, 4) is 5.75 Å². The van der Waals surface area contributed by atoms with Gasteiger partial charge in [0.2, 0.25) is 0 Å². The molecule has 0 fully saturated rings. The lowest BCUT2D eigenvalue weighted by Crippen LogP contribution is -2.31. The van der Waals surface area contributed by atoms with Gasteiger partial charge in [-0.25, -0.2) is 0 Å². The van der Waals surface area contributed by atoms with Crippen molar-refractivity contribution in [1.82, 2.24) is 4.90 Å². The smallest absolute Gasteiger partial charge is 0.310 e. The van der Waals surface area contributed by atoms with E-state index in [1.54, 1.807) is 7.05 Å². The molecule has 0 bridgehead atoms. The van der Waals surface area contributed by atoms with E-state index in [9.17, 15) is 9.59 Å². The van der Waals surface area contributed by atoms with Gasteiger partial charge in [-0.15, -0.1) is 0 Å². The minimum Gasteiger partial charge on any atom is -0.494 e. The molecule has 1 amide bonds. The summed E-state index contributed by atoms with van der Waals surface area (Å²) in [5, 5.41) is 0. The van der Waals surface area contributed by atoms with Crippen LogP contribution in [0.2, 0.25) is 0 Å². The Labute approximate surface area is 154 Å². The number of ether oxygens (including phenoxy) is 2. The summed E-state index contributed by atoms with van der Waals surface area (Å²) in [7, 11) is 1.69. The van der Waals surface area contributed by atoms with Gasteiger partial charge in [-0.3, -0.25) is 9.59 Å². The number of esters is 1. The predicted octanol–water partition coefficient (Wildman–Crippen LogP) is 3.14. The number of carbonyl (C=O) groups excluding carboxylic acids is 2. The van der Waals surface area contributed by atoms with Crippen LogP contribution in [-0.4, -0.2) is 37.0 Å². The second kappa shape index (κ2) is 9.61. The second-order valence-corrected chi connectivity index (χ2v) is 6.09. The predicted molar refractivity (Wildman–Crippen MR) is 99.9 cm³/mol. The van der Waals surface area contributed by atoms with E-state index < -0.39 is 5.97 Å². The lowest BCUT2D eigenvalue weighted by molar-refractivity contribution is -0.151. The molecule has 0 saturated carbocycles. The maximum absolute atomic E-state index is 12.2. The molecule has 0 heterocycles. The van der Waals surface area contributed by atoms with E-state index in [0.717, 1.165) is 22.4 Å². The van der Waals surface area contributed by atoms with Gasteiger partial charge in [0.05, 0.1) is 13.0 Å². The van der Waals surface area contributed by atoms with Gasteiger partial charge < -0.3 is 14.4 Å². The molecule has 5 heteroatoms. The molecule has 0 radical (unpaired) electrons. The van der Waals surface area contributed by atoms with Gasteiger partial charge in [0.15, 0.2) is 6.61 Å². The largest absolute Gasteiger partial charge is 0.494 e. The molecule has 0 unspecified atom stereocenters. The van der Waals surface area contributed by atoms with Crippen LogP contribution in [0.3, 0.4) is 0 Å². The van der Waals surface area contributed by atoms with E-state index in [4.69, 9.17) is 9.47 Å². The highest BCUT2D eigenvalue weighted by Crippen LogP contribution is 2.13. The maximum atomic E-state index is 12.2. The van der Waals surface area contributed by atoms with E-state index >= 15 is 0 Å². The van der Waals surface area contributed by atoms with Gasteiger partial charge in [0.1, 0.15) is 5.75 Å². The summed E-state index contributed by atoms with van der Waals surface area (Å²) >= 11 is 0. The summed E-state index contributed by atoms with van der Waals surface area (Å²) in [5.74, 6) is 0.162. The molecular formula is C21H25NO4. The zero-order chi connectivity index (χ0) is 18.9. The molecule has 0 aliphatic rings. The third kappa shape index (κ3) is 5.92. The molecule has 5 nitrogen and oxygen atoms in total. The van der Waals surface area contributed by atoms with Crippen molar-refractivity contribution in [3.63, 3.8) is 0 Å². The molecule has 26 heavy (non-hydrogen) atoms. The van der Waals surface area contributed by atoms with Crippen molar-refractivity contribution in [2.75, 3.05) is 20.3 Å². The van der Waals surface area contributed by atoms with Crippen molar-refractivity contribution in [3.05, 3.63) is 65.2 Å². The van der Waals surface area contributed by atoms with Crippen LogP contribution >= 0.6 is 0 Å². The van der Waals surface area contributed by atoms with Gasteiger partial charge >= 0.3 is 5.97 Å². The SMILES string of the molecule is CCOc1ccc(CN(C)C(=O)COC(=O)Cc2ccccc2C)cc1. The quantitative estimate of drug-likeness (QED) is 0.683. The molecule has 0 spiro atoms. The molecule has 2 aromatic carbocycles. The average molecular weight is 355 g/mol. The van der Waals surface area contributed by atoms with Crippen molar-refractivity contribution in [2.45, 2.75) is 26.8 Å². The number of nitrogens with zero attached hydrogens (tertiary/aromatic N) is 1. The first kappa shape index (κ1) is 19.5. The Bertz CT molecular complexity index is 740. The monoisotopic (exact) mass is 355 g/mol. The molecule has 2 rings (SSSR count). The minimum absolute atomic E-state index is 0.169. The minimum atomic E-state index is -0.401. The first-order valence-electron chi connectivity index (χ1n) is 8.65. The molecule has 0 N–H and O–H groups in total. The number of amides is 1. The maximum Gasteiger partial charge on any atom is 0.310 e. The lowest BCUT2D eigenvalue weighted by Gasteiger charge is -2.17. The molecule has 138 valence electrons. The highest BCUT2D eigenvalue weighted by molar-refractivity contribution is 5.81. The number of carbonyl (C=O) groups is 2. The van der Waals surface area contributed by atoms with Crippen LogP contribution in [0.1, 0.15) is 23.6 Å². The Morgan fingerprint density at radius 2 is 1.73 bits per heavy atom. The van der Waals surface area contributed by atoms with Gasteiger partial charge in [0.25, 0.3) is 5.91 Å². The first-order valence-corrected chi connectivity index (χ1v) is 8.65. The number of rotatable bonds is 8. The van der Waals surface area contributed by atoms with Crippen LogP contribution in [0.5, 0.6) is 5.75 Å². The van der Waals surface area contributed by atoms with E-state index in [1.165, 1.54) is 4.90 Å². The number of hydrogen-bond acceptors (Lipinski definition) is 4. The first-order chi connectivity index (χ1) is 12.5. The zero-order valence-electron chi connectivity index (χ0n) is 15.5. The summed E-state index contributed by atoms with van der Waals surface area (Å²) in [5.41, 5.74) is 2.92. The Morgan fingerprint density at radius 1 is 1.04 bits per heavy atom. The summed E-state index contributed by atoms with van der Waals surface area (Å²) in [4.78, 5) is 25.6. The van der Waals surface area contributed by atoms with Gasteiger partial charge in [0, 0.05) is 13.6 Å². The van der Waals surface area contributed by atoms with Crippen LogP contribution in [0, 0.1) is 6.92 Å². The van der Waals surface area contributed by atoms with E-state index in [2.05, 4.69) is 0 Å². The fourth-order valence-electron chi connectivity index (χ4n) is 2.49. The summed E-state index contributed by atoms with van der Waals surface area (Å²) in [6.45, 7) is 4.68. The third-order valence-electron chi connectivity index (χ3n) is 4.03. The third-order valence-corrected chi connectivity index (χ3v) is 4.03. The fourth-order valence-corrected chi connectivity index (χ4v) is 2.49. The van der Waals surface area contributed by atoms with Gasteiger partial charge in [-0.1, -0.05) is 36.4 Å². The van der Waals surface area contributed by atoms with Crippen LogP contribution in [0.15, 0.2) is 48.5 Å². The Balaban J connectivity index is 1.79. The average Bonchev–Trinajstić information content (AvgIpc) is 2.63. The Morgan fingerprint density at radius 3 is 2.38 bits per heavy atom. The van der Waals surface area contributed by atoms with Crippen LogP contribution < -0.4 is 4.74 Å². The second-order valence-electron chi connectivity index (χ2n) is 6.09. The van der Waals surface area contributed by atoms with Gasteiger partial charge in [-0.05, 0) is 42.7 Å². The number of benzene rings is 2. The standard InChI is InChI=1S/C21H25NO4/c1-4-25-19-11-9-17(10-12-19)14-22(3)20(23)15-26-21(24)13-18-8-6-5-7-16(18)2/h5-12H,4,13-15H2,1-3H3. The van der Waals surface area contributed by atoms with E-state index in [0.29, 0.717) is 13.2 Å². The summed E-state index contributed by atoms with van der Waals surface area (Å²) < 4.78 is 10.5. The zero-order valence-corrected chi connectivity index (χ0v) is 15.5. The normalized spacial score (nSPS) is 10.3. The molecule has 0 saturated heterocycles. The van der Waals surface area contributed by atoms with Crippen molar-refractivity contribution in [1.29, 1.82) is 0 Å². The number of hydrogen-bond donors (Lipinski definition) is 0. The van der Waals surface area contributed by atoms with Crippen LogP contribution in [0.25, 0.3) is 0 Å². The molecule has 0 aliphatic heterocycles. The lowest BCUT2D eigenvalue weighted by atomic mass is 10.1.